The molecule has 0 rings (SSSR count). The van der Waals surface area contributed by atoms with Gasteiger partial charge in [0.05, 0.1) is 13.2 Å². The monoisotopic (exact) mass is 296 g/mol. The molecule has 0 fully saturated rings. The van der Waals surface area contributed by atoms with Crippen molar-refractivity contribution in [2.24, 2.45) is 0 Å². The normalized spacial score (nSPS) is 12.1. The lowest BCUT2D eigenvalue weighted by atomic mass is 10.9. The highest BCUT2D eigenvalue weighted by Crippen LogP contribution is 2.53. The molecule has 0 N–H and O–H groups in total. The summed E-state index contributed by atoms with van der Waals surface area (Å²) in [5.74, 6) is 0. The van der Waals surface area contributed by atoms with Crippen LogP contribution in [0.4, 0.5) is 9.59 Å². The van der Waals surface area contributed by atoms with Gasteiger partial charge in [0.2, 0.25) is 0 Å². The van der Waals surface area contributed by atoms with Crippen molar-refractivity contribution in [1.29, 1.82) is 0 Å². The van der Waals surface area contributed by atoms with Gasteiger partial charge in [-0.3, -0.25) is 4.57 Å². The standard InChI is InChI=1S/C10H21O6PSi/c1-6-14-9(11)17(13,10(12)15-7-2)16-18(4,5)8-3/h6-8H2,1-5H3. The number of ether oxygens (including phenoxy) is 2. The van der Waals surface area contributed by atoms with Crippen LogP contribution in [-0.2, 0) is 18.3 Å². The summed E-state index contributed by atoms with van der Waals surface area (Å²) < 4.78 is 27.1. The van der Waals surface area contributed by atoms with Gasteiger partial charge in [0.15, 0.2) is 8.32 Å². The Morgan fingerprint density at radius 2 is 1.39 bits per heavy atom. The van der Waals surface area contributed by atoms with Crippen LogP contribution in [0.3, 0.4) is 0 Å². The molecule has 0 unspecified atom stereocenters. The Morgan fingerprint density at radius 1 is 1.00 bits per heavy atom. The van der Waals surface area contributed by atoms with Gasteiger partial charge in [0, 0.05) is 0 Å². The highest BCUT2D eigenvalue weighted by molar-refractivity contribution is 7.90. The molecule has 18 heavy (non-hydrogen) atoms. The van der Waals surface area contributed by atoms with E-state index in [4.69, 9.17) is 4.21 Å². The summed E-state index contributed by atoms with van der Waals surface area (Å²) in [4.78, 5) is 23.4. The predicted molar refractivity (Wildman–Crippen MR) is 70.7 cm³/mol. The molecule has 0 saturated heterocycles. The zero-order valence-corrected chi connectivity index (χ0v) is 13.4. The summed E-state index contributed by atoms with van der Waals surface area (Å²) in [6.07, 6.45) is 0. The van der Waals surface area contributed by atoms with E-state index in [9.17, 15) is 14.2 Å². The summed E-state index contributed by atoms with van der Waals surface area (Å²) in [6, 6.07) is 0.621. The van der Waals surface area contributed by atoms with E-state index in [0.29, 0.717) is 6.04 Å². The van der Waals surface area contributed by atoms with Crippen molar-refractivity contribution in [2.75, 3.05) is 13.2 Å². The van der Waals surface area contributed by atoms with Crippen molar-refractivity contribution in [3.8, 4) is 0 Å². The van der Waals surface area contributed by atoms with Crippen LogP contribution in [0.25, 0.3) is 0 Å². The first-order valence-corrected chi connectivity index (χ1v) is 10.6. The maximum absolute atomic E-state index is 12.4. The van der Waals surface area contributed by atoms with Crippen molar-refractivity contribution in [1.82, 2.24) is 0 Å². The second-order valence-corrected chi connectivity index (χ2v) is 10.9. The Bertz CT molecular complexity index is 332. The number of carbonyl (C=O) groups is 2. The zero-order valence-electron chi connectivity index (χ0n) is 11.5. The van der Waals surface area contributed by atoms with Gasteiger partial charge in [-0.1, -0.05) is 6.92 Å². The molecule has 0 aromatic carbocycles. The Hall–Kier alpha value is -0.653. The number of rotatable bonds is 7. The van der Waals surface area contributed by atoms with Gasteiger partial charge in [0.25, 0.3) is 0 Å². The first kappa shape index (κ1) is 17.3. The van der Waals surface area contributed by atoms with E-state index in [1.54, 1.807) is 26.9 Å². The summed E-state index contributed by atoms with van der Waals surface area (Å²) in [5, 5.41) is 0. The molecule has 0 amide bonds. The minimum absolute atomic E-state index is 0.0275. The van der Waals surface area contributed by atoms with Crippen molar-refractivity contribution in [2.45, 2.75) is 39.9 Å². The van der Waals surface area contributed by atoms with Crippen LogP contribution < -0.4 is 0 Å². The zero-order chi connectivity index (χ0) is 14.4. The van der Waals surface area contributed by atoms with E-state index in [0.717, 1.165) is 0 Å². The van der Waals surface area contributed by atoms with E-state index in [1.165, 1.54) is 0 Å². The van der Waals surface area contributed by atoms with Crippen molar-refractivity contribution in [3.05, 3.63) is 0 Å². The topological polar surface area (TPSA) is 78.9 Å². The summed E-state index contributed by atoms with van der Waals surface area (Å²) in [6.45, 7) is 8.59. The van der Waals surface area contributed by atoms with E-state index in [1.807, 2.05) is 6.92 Å². The second-order valence-electron chi connectivity index (χ2n) is 4.15. The highest BCUT2D eigenvalue weighted by Gasteiger charge is 2.49. The van der Waals surface area contributed by atoms with Crippen molar-refractivity contribution in [3.63, 3.8) is 0 Å². The lowest BCUT2D eigenvalue weighted by Crippen LogP contribution is -2.31. The second kappa shape index (κ2) is 7.06. The molecule has 0 bridgehead atoms. The fourth-order valence-electron chi connectivity index (χ4n) is 0.979. The minimum atomic E-state index is -4.23. The Morgan fingerprint density at radius 3 is 1.67 bits per heavy atom. The van der Waals surface area contributed by atoms with Crippen LogP contribution in [0.5, 0.6) is 0 Å². The smallest absolute Gasteiger partial charge is 0.404 e. The van der Waals surface area contributed by atoms with Gasteiger partial charge in [-0.15, -0.1) is 0 Å². The van der Waals surface area contributed by atoms with Crippen LogP contribution in [-0.4, -0.2) is 33.0 Å². The molecule has 0 aliphatic rings. The average Bonchev–Trinajstić information content (AvgIpc) is 2.29. The molecular formula is C10H21O6PSi. The quantitative estimate of drug-likeness (QED) is 0.525. The number of carbonyl (C=O) groups excluding carboxylic acids is 2. The van der Waals surface area contributed by atoms with E-state index >= 15 is 0 Å². The van der Waals surface area contributed by atoms with Crippen molar-refractivity contribution >= 4 is 27.1 Å². The molecule has 0 aliphatic heterocycles. The fourth-order valence-corrected chi connectivity index (χ4v) is 5.62. The fraction of sp³-hybridized carbons (Fsp3) is 0.800. The first-order valence-electron chi connectivity index (χ1n) is 5.89. The van der Waals surface area contributed by atoms with Gasteiger partial charge in [-0.25, -0.2) is 9.59 Å². The van der Waals surface area contributed by atoms with Gasteiger partial charge in [-0.05, 0) is 33.0 Å². The molecule has 8 heteroatoms. The molecule has 106 valence electrons. The minimum Gasteiger partial charge on any atom is -0.458 e. The summed E-state index contributed by atoms with van der Waals surface area (Å²) >= 11 is 0. The largest absolute Gasteiger partial charge is 0.458 e. The maximum Gasteiger partial charge on any atom is 0.404 e. The molecule has 6 nitrogen and oxygen atoms in total. The third-order valence-electron chi connectivity index (χ3n) is 2.24. The maximum atomic E-state index is 12.4. The third kappa shape index (κ3) is 4.55. The van der Waals surface area contributed by atoms with E-state index in [2.05, 4.69) is 9.47 Å². The van der Waals surface area contributed by atoms with Gasteiger partial charge in [0.1, 0.15) is 0 Å². The Balaban J connectivity index is 5.22. The molecule has 0 radical (unpaired) electrons. The predicted octanol–water partition coefficient (Wildman–Crippen LogP) is 3.82. The van der Waals surface area contributed by atoms with Crippen LogP contribution in [0.1, 0.15) is 20.8 Å². The molecule has 0 aromatic heterocycles. The summed E-state index contributed by atoms with van der Waals surface area (Å²) in [5.41, 5.74) is -2.25. The van der Waals surface area contributed by atoms with Gasteiger partial charge >= 0.3 is 18.8 Å². The lowest BCUT2D eigenvalue weighted by Gasteiger charge is -2.25. The van der Waals surface area contributed by atoms with Gasteiger partial charge < -0.3 is 13.7 Å². The lowest BCUT2D eigenvalue weighted by molar-refractivity contribution is 0.164. The molecule has 0 atom stereocenters. The number of hydrogen-bond donors (Lipinski definition) is 0. The molecule has 0 aliphatic carbocycles. The highest BCUT2D eigenvalue weighted by atomic mass is 31.2. The average molecular weight is 296 g/mol. The molecular weight excluding hydrogens is 275 g/mol. The van der Waals surface area contributed by atoms with Crippen LogP contribution in [0, 0.1) is 0 Å². The third-order valence-corrected chi connectivity index (χ3v) is 8.17. The van der Waals surface area contributed by atoms with E-state index < -0.39 is 27.1 Å². The molecule has 0 spiro atoms. The molecule has 0 saturated carbocycles. The SMILES string of the molecule is CCOC(=O)P(=O)(O[Si](C)(C)CC)C(=O)OCC. The van der Waals surface area contributed by atoms with Crippen LogP contribution in [0.2, 0.25) is 19.1 Å². The Labute approximate surface area is 109 Å². The van der Waals surface area contributed by atoms with Crippen LogP contribution in [0.15, 0.2) is 0 Å². The summed E-state index contributed by atoms with van der Waals surface area (Å²) in [7, 11) is -6.59. The molecule has 0 aromatic rings. The molecule has 0 heterocycles. The van der Waals surface area contributed by atoms with E-state index in [-0.39, 0.29) is 13.2 Å². The van der Waals surface area contributed by atoms with Crippen LogP contribution >= 0.6 is 7.37 Å². The van der Waals surface area contributed by atoms with Crippen molar-refractivity contribution < 1.29 is 27.8 Å². The van der Waals surface area contributed by atoms with Gasteiger partial charge in [-0.2, -0.15) is 0 Å². The first-order chi connectivity index (χ1) is 8.23. The Kier molecular flexibility index (Phi) is 6.81. The number of hydrogen-bond acceptors (Lipinski definition) is 6.